The van der Waals surface area contributed by atoms with Gasteiger partial charge in [-0.2, -0.15) is 0 Å². The van der Waals surface area contributed by atoms with E-state index in [0.717, 1.165) is 16.9 Å². The van der Waals surface area contributed by atoms with E-state index in [1.165, 1.54) is 4.88 Å². The molecule has 0 aliphatic carbocycles. The van der Waals surface area contributed by atoms with Gasteiger partial charge in [0, 0.05) is 17.0 Å². The van der Waals surface area contributed by atoms with E-state index in [9.17, 15) is 0 Å². The number of hydrogen-bond acceptors (Lipinski definition) is 4. The number of thiophene rings is 1. The highest BCUT2D eigenvalue weighted by Gasteiger charge is 2.03. The summed E-state index contributed by atoms with van der Waals surface area (Å²) >= 11 is 1.71. The fourth-order valence-electron chi connectivity index (χ4n) is 1.75. The summed E-state index contributed by atoms with van der Waals surface area (Å²) in [5.41, 5.74) is 7.81. The number of rotatable bonds is 6. The zero-order valence-electron chi connectivity index (χ0n) is 10.4. The Bertz CT molecular complexity index is 483. The first-order valence-corrected chi connectivity index (χ1v) is 6.67. The molecule has 3 nitrogen and oxygen atoms in total. The van der Waals surface area contributed by atoms with Crippen LogP contribution in [0.2, 0.25) is 0 Å². The Morgan fingerprint density at radius 3 is 2.78 bits per heavy atom. The summed E-state index contributed by atoms with van der Waals surface area (Å²) in [6, 6.07) is 10.1. The first kappa shape index (κ1) is 13.1. The molecule has 2 rings (SSSR count). The summed E-state index contributed by atoms with van der Waals surface area (Å²) < 4.78 is 10.9. The predicted octanol–water partition coefficient (Wildman–Crippen LogP) is 2.93. The van der Waals surface area contributed by atoms with Crippen molar-refractivity contribution in [2.75, 3.05) is 7.11 Å². The lowest BCUT2D eigenvalue weighted by Gasteiger charge is -2.09. The van der Waals surface area contributed by atoms with E-state index in [2.05, 4.69) is 11.4 Å². The van der Waals surface area contributed by atoms with Gasteiger partial charge in [-0.25, -0.2) is 0 Å². The maximum absolute atomic E-state index is 5.68. The topological polar surface area (TPSA) is 44.5 Å². The van der Waals surface area contributed by atoms with Crippen molar-refractivity contribution < 1.29 is 9.47 Å². The molecule has 0 bridgehead atoms. The highest BCUT2D eigenvalue weighted by Crippen LogP contribution is 2.20. The molecule has 2 N–H and O–H groups in total. The van der Waals surface area contributed by atoms with E-state index in [0.29, 0.717) is 19.8 Å². The normalized spacial score (nSPS) is 10.6. The largest absolute Gasteiger partial charge is 0.496 e. The van der Waals surface area contributed by atoms with Crippen molar-refractivity contribution in [3.63, 3.8) is 0 Å². The number of benzene rings is 1. The third-order valence-corrected chi connectivity index (χ3v) is 3.51. The summed E-state index contributed by atoms with van der Waals surface area (Å²) in [7, 11) is 1.65. The Morgan fingerprint density at radius 2 is 2.11 bits per heavy atom. The van der Waals surface area contributed by atoms with Crippen LogP contribution in [0.3, 0.4) is 0 Å². The zero-order chi connectivity index (χ0) is 12.8. The van der Waals surface area contributed by atoms with E-state index in [4.69, 9.17) is 15.2 Å². The summed E-state index contributed by atoms with van der Waals surface area (Å²) in [5.74, 6) is 0.833. The summed E-state index contributed by atoms with van der Waals surface area (Å²) in [6.07, 6.45) is 0. The highest BCUT2D eigenvalue weighted by molar-refractivity contribution is 7.09. The van der Waals surface area contributed by atoms with Crippen molar-refractivity contribution in [2.45, 2.75) is 19.8 Å². The average Bonchev–Trinajstić information content (AvgIpc) is 2.91. The first-order chi connectivity index (χ1) is 8.83. The van der Waals surface area contributed by atoms with Crippen molar-refractivity contribution in [1.29, 1.82) is 0 Å². The molecule has 0 amide bonds. The highest BCUT2D eigenvalue weighted by atomic mass is 32.1. The number of hydrogen-bond donors (Lipinski definition) is 1. The summed E-state index contributed by atoms with van der Waals surface area (Å²) in [5, 5.41) is 2.05. The van der Waals surface area contributed by atoms with Gasteiger partial charge in [-0.3, -0.25) is 0 Å². The lowest BCUT2D eigenvalue weighted by molar-refractivity contribution is 0.109. The molecule has 0 aliphatic rings. The summed E-state index contributed by atoms with van der Waals surface area (Å²) in [6.45, 7) is 1.72. The Hall–Kier alpha value is -1.36. The van der Waals surface area contributed by atoms with Crippen molar-refractivity contribution >= 4 is 11.3 Å². The van der Waals surface area contributed by atoms with Gasteiger partial charge < -0.3 is 15.2 Å². The molecule has 1 aromatic carbocycles. The Labute approximate surface area is 111 Å². The second kappa shape index (κ2) is 6.54. The standard InChI is InChI=1S/C14H17NO2S/c1-16-14-5-4-11(7-12(14)8-15)9-17-10-13-3-2-6-18-13/h2-7H,8-10,15H2,1H3. The van der Waals surface area contributed by atoms with Crippen LogP contribution in [0.5, 0.6) is 5.75 Å². The van der Waals surface area contributed by atoms with Crippen LogP contribution in [-0.2, 0) is 24.5 Å². The van der Waals surface area contributed by atoms with Gasteiger partial charge in [0.1, 0.15) is 5.75 Å². The number of methoxy groups -OCH3 is 1. The van der Waals surface area contributed by atoms with Crippen LogP contribution in [0.4, 0.5) is 0 Å². The Balaban J connectivity index is 1.93. The molecule has 0 fully saturated rings. The first-order valence-electron chi connectivity index (χ1n) is 5.79. The minimum absolute atomic E-state index is 0.474. The number of ether oxygens (including phenoxy) is 2. The lowest BCUT2D eigenvalue weighted by atomic mass is 10.1. The van der Waals surface area contributed by atoms with Crippen molar-refractivity contribution in [1.82, 2.24) is 0 Å². The van der Waals surface area contributed by atoms with E-state index in [1.807, 2.05) is 24.3 Å². The maximum atomic E-state index is 5.68. The molecule has 0 spiro atoms. The quantitative estimate of drug-likeness (QED) is 0.871. The lowest BCUT2D eigenvalue weighted by Crippen LogP contribution is -2.01. The molecule has 2 aromatic rings. The maximum Gasteiger partial charge on any atom is 0.123 e. The molecular formula is C14H17NO2S. The smallest absolute Gasteiger partial charge is 0.123 e. The van der Waals surface area contributed by atoms with E-state index in [-0.39, 0.29) is 0 Å². The molecule has 0 atom stereocenters. The molecule has 1 heterocycles. The molecule has 4 heteroatoms. The van der Waals surface area contributed by atoms with Crippen molar-refractivity contribution in [3.8, 4) is 5.75 Å². The molecular weight excluding hydrogens is 246 g/mol. The van der Waals surface area contributed by atoms with Crippen molar-refractivity contribution in [2.24, 2.45) is 5.73 Å². The molecule has 0 unspecified atom stereocenters. The molecule has 0 saturated heterocycles. The van der Waals surface area contributed by atoms with Crippen LogP contribution in [0, 0.1) is 0 Å². The number of nitrogens with two attached hydrogens (primary N) is 1. The second-order valence-corrected chi connectivity index (χ2v) is 4.95. The average molecular weight is 263 g/mol. The van der Waals surface area contributed by atoms with Crippen LogP contribution in [0.15, 0.2) is 35.7 Å². The van der Waals surface area contributed by atoms with E-state index >= 15 is 0 Å². The zero-order valence-corrected chi connectivity index (χ0v) is 11.2. The van der Waals surface area contributed by atoms with Crippen LogP contribution in [-0.4, -0.2) is 7.11 Å². The van der Waals surface area contributed by atoms with Gasteiger partial charge in [0.05, 0.1) is 20.3 Å². The summed E-state index contributed by atoms with van der Waals surface area (Å²) in [4.78, 5) is 1.24. The van der Waals surface area contributed by atoms with Gasteiger partial charge in [-0.05, 0) is 29.1 Å². The predicted molar refractivity (Wildman–Crippen MR) is 73.7 cm³/mol. The van der Waals surface area contributed by atoms with E-state index < -0.39 is 0 Å². The molecule has 1 aromatic heterocycles. The monoisotopic (exact) mass is 263 g/mol. The molecule has 0 saturated carbocycles. The van der Waals surface area contributed by atoms with Crippen LogP contribution < -0.4 is 10.5 Å². The third kappa shape index (κ3) is 3.32. The van der Waals surface area contributed by atoms with Crippen LogP contribution in [0.1, 0.15) is 16.0 Å². The van der Waals surface area contributed by atoms with Gasteiger partial charge in [0.15, 0.2) is 0 Å². The SMILES string of the molecule is COc1ccc(COCc2cccs2)cc1CN. The van der Waals surface area contributed by atoms with Gasteiger partial charge in [0.2, 0.25) is 0 Å². The second-order valence-electron chi connectivity index (χ2n) is 3.92. The van der Waals surface area contributed by atoms with Crippen LogP contribution in [0.25, 0.3) is 0 Å². The van der Waals surface area contributed by atoms with Gasteiger partial charge >= 0.3 is 0 Å². The molecule has 96 valence electrons. The van der Waals surface area contributed by atoms with Crippen molar-refractivity contribution in [3.05, 3.63) is 51.7 Å². The molecule has 18 heavy (non-hydrogen) atoms. The van der Waals surface area contributed by atoms with Gasteiger partial charge in [0.25, 0.3) is 0 Å². The molecule has 0 radical (unpaired) electrons. The Kier molecular flexibility index (Phi) is 4.75. The van der Waals surface area contributed by atoms with Gasteiger partial charge in [-0.1, -0.05) is 12.1 Å². The third-order valence-electron chi connectivity index (χ3n) is 2.66. The fourth-order valence-corrected chi connectivity index (χ4v) is 2.39. The Morgan fingerprint density at radius 1 is 1.22 bits per heavy atom. The van der Waals surface area contributed by atoms with Crippen LogP contribution >= 0.6 is 11.3 Å². The van der Waals surface area contributed by atoms with E-state index in [1.54, 1.807) is 18.4 Å². The minimum Gasteiger partial charge on any atom is -0.496 e. The molecule has 0 aliphatic heterocycles. The fraction of sp³-hybridized carbons (Fsp3) is 0.286. The minimum atomic E-state index is 0.474. The van der Waals surface area contributed by atoms with Gasteiger partial charge in [-0.15, -0.1) is 11.3 Å².